The lowest BCUT2D eigenvalue weighted by molar-refractivity contribution is 0.0999. The number of nitrogens with zero attached hydrogens (tertiary/aromatic N) is 1. The molecule has 0 unspecified atom stereocenters. The summed E-state index contributed by atoms with van der Waals surface area (Å²) in [5, 5.41) is 3.55. The molecule has 0 amide bonds. The lowest BCUT2D eigenvalue weighted by Crippen LogP contribution is -2.08. The Labute approximate surface area is 129 Å². The average Bonchev–Trinajstić information content (AvgIpc) is 2.55. The summed E-state index contributed by atoms with van der Waals surface area (Å²) in [4.78, 5) is 12.0. The van der Waals surface area contributed by atoms with Gasteiger partial charge in [0.25, 0.3) is 0 Å². The zero-order valence-electron chi connectivity index (χ0n) is 12.0. The van der Waals surface area contributed by atoms with Crippen molar-refractivity contribution in [3.63, 3.8) is 0 Å². The molecule has 0 saturated carbocycles. The number of benzene rings is 2. The standard InChI is InChI=1S/C16H15NO4S/c1-13(12-16(18)14-8-4-2-5-9-14)17-21-22(19,20)15-10-6-3-7-11-15/h2-11H,12H2,1H3. The summed E-state index contributed by atoms with van der Waals surface area (Å²) in [7, 11) is -3.95. The van der Waals surface area contributed by atoms with Gasteiger partial charge in [-0.25, -0.2) is 0 Å². The van der Waals surface area contributed by atoms with Crippen molar-refractivity contribution in [2.45, 2.75) is 18.2 Å². The zero-order valence-corrected chi connectivity index (χ0v) is 12.8. The van der Waals surface area contributed by atoms with Crippen LogP contribution in [0.5, 0.6) is 0 Å². The molecule has 0 aliphatic carbocycles. The quantitative estimate of drug-likeness (QED) is 0.466. The van der Waals surface area contributed by atoms with Gasteiger partial charge in [0.05, 0.1) is 12.1 Å². The monoisotopic (exact) mass is 317 g/mol. The molecule has 5 nitrogen and oxygen atoms in total. The van der Waals surface area contributed by atoms with E-state index in [-0.39, 0.29) is 22.8 Å². The smallest absolute Gasteiger partial charge is 0.294 e. The van der Waals surface area contributed by atoms with Crippen LogP contribution in [0, 0.1) is 0 Å². The van der Waals surface area contributed by atoms with Crippen LogP contribution in [0.25, 0.3) is 0 Å². The molecule has 22 heavy (non-hydrogen) atoms. The van der Waals surface area contributed by atoms with Gasteiger partial charge in [-0.3, -0.25) is 9.08 Å². The highest BCUT2D eigenvalue weighted by atomic mass is 32.2. The Morgan fingerprint density at radius 1 is 1.00 bits per heavy atom. The fourth-order valence-electron chi connectivity index (χ4n) is 1.73. The summed E-state index contributed by atoms with van der Waals surface area (Å²) < 4.78 is 28.4. The second kappa shape index (κ2) is 7.00. The van der Waals surface area contributed by atoms with Gasteiger partial charge in [-0.05, 0) is 19.1 Å². The highest BCUT2D eigenvalue weighted by Gasteiger charge is 2.15. The minimum atomic E-state index is -3.95. The fraction of sp³-hybridized carbons (Fsp3) is 0.125. The van der Waals surface area contributed by atoms with Crippen LogP contribution in [0.15, 0.2) is 70.7 Å². The normalized spacial score (nSPS) is 12.0. The molecule has 0 aromatic heterocycles. The molecular formula is C16H15NO4S. The maximum absolute atomic E-state index is 12.0. The number of Topliss-reactive ketones (excluding diaryl/α,β-unsaturated/α-hetero) is 1. The van der Waals surface area contributed by atoms with Crippen LogP contribution in [0.2, 0.25) is 0 Å². The Morgan fingerprint density at radius 2 is 1.55 bits per heavy atom. The van der Waals surface area contributed by atoms with Crippen molar-refractivity contribution in [2.24, 2.45) is 5.16 Å². The topological polar surface area (TPSA) is 72.8 Å². The van der Waals surface area contributed by atoms with Gasteiger partial charge < -0.3 is 0 Å². The Bertz CT molecular complexity index is 768. The van der Waals surface area contributed by atoms with Gasteiger partial charge >= 0.3 is 10.1 Å². The second-order valence-electron chi connectivity index (χ2n) is 4.63. The molecule has 0 bridgehead atoms. The number of hydrogen-bond donors (Lipinski definition) is 0. The molecule has 2 aromatic carbocycles. The van der Waals surface area contributed by atoms with Crippen LogP contribution in [-0.4, -0.2) is 19.9 Å². The predicted molar refractivity (Wildman–Crippen MR) is 83.2 cm³/mol. The fourth-order valence-corrected chi connectivity index (χ4v) is 2.54. The number of ketones is 1. The lowest BCUT2D eigenvalue weighted by Gasteiger charge is -2.03. The van der Waals surface area contributed by atoms with Crippen molar-refractivity contribution in [1.29, 1.82) is 0 Å². The largest absolute Gasteiger partial charge is 0.358 e. The van der Waals surface area contributed by atoms with Crippen LogP contribution in [-0.2, 0) is 14.4 Å². The number of hydrogen-bond acceptors (Lipinski definition) is 5. The number of carbonyl (C=O) groups is 1. The summed E-state index contributed by atoms with van der Waals surface area (Å²) >= 11 is 0. The van der Waals surface area contributed by atoms with E-state index in [1.807, 2.05) is 6.07 Å². The third kappa shape index (κ3) is 4.26. The van der Waals surface area contributed by atoms with Crippen molar-refractivity contribution >= 4 is 21.6 Å². The molecule has 114 valence electrons. The van der Waals surface area contributed by atoms with Gasteiger partial charge in [0, 0.05) is 5.56 Å². The number of oxime groups is 1. The van der Waals surface area contributed by atoms with Gasteiger partial charge in [-0.1, -0.05) is 53.7 Å². The van der Waals surface area contributed by atoms with Gasteiger partial charge in [0.15, 0.2) is 5.78 Å². The van der Waals surface area contributed by atoms with E-state index in [1.54, 1.807) is 49.4 Å². The maximum Gasteiger partial charge on any atom is 0.358 e. The molecule has 0 radical (unpaired) electrons. The molecule has 0 heterocycles. The van der Waals surface area contributed by atoms with Crippen LogP contribution in [0.1, 0.15) is 23.7 Å². The predicted octanol–water partition coefficient (Wildman–Crippen LogP) is 3.04. The van der Waals surface area contributed by atoms with E-state index in [9.17, 15) is 13.2 Å². The first kappa shape index (κ1) is 15.9. The van der Waals surface area contributed by atoms with Crippen LogP contribution >= 0.6 is 0 Å². The van der Waals surface area contributed by atoms with Gasteiger partial charge in [0.1, 0.15) is 4.90 Å². The van der Waals surface area contributed by atoms with E-state index in [1.165, 1.54) is 12.1 Å². The van der Waals surface area contributed by atoms with Crippen molar-refractivity contribution < 1.29 is 17.5 Å². The van der Waals surface area contributed by atoms with Gasteiger partial charge in [-0.2, -0.15) is 8.42 Å². The molecular weight excluding hydrogens is 302 g/mol. The van der Waals surface area contributed by atoms with Crippen LogP contribution in [0.4, 0.5) is 0 Å². The Hall–Kier alpha value is -2.47. The van der Waals surface area contributed by atoms with Crippen molar-refractivity contribution in [1.82, 2.24) is 0 Å². The summed E-state index contributed by atoms with van der Waals surface area (Å²) in [5.74, 6) is -0.150. The highest BCUT2D eigenvalue weighted by Crippen LogP contribution is 2.12. The SMILES string of the molecule is CC(CC(=O)c1ccccc1)=NOS(=O)(=O)c1ccccc1. The van der Waals surface area contributed by atoms with E-state index >= 15 is 0 Å². The minimum Gasteiger partial charge on any atom is -0.294 e. The molecule has 2 aromatic rings. The molecule has 0 N–H and O–H groups in total. The molecule has 0 saturated heterocycles. The van der Waals surface area contributed by atoms with Crippen molar-refractivity contribution in [2.75, 3.05) is 0 Å². The lowest BCUT2D eigenvalue weighted by atomic mass is 10.1. The Balaban J connectivity index is 2.03. The first-order valence-electron chi connectivity index (χ1n) is 6.59. The third-order valence-corrected chi connectivity index (χ3v) is 3.96. The van der Waals surface area contributed by atoms with E-state index < -0.39 is 10.1 Å². The van der Waals surface area contributed by atoms with Gasteiger partial charge in [0.2, 0.25) is 0 Å². The Kier molecular flexibility index (Phi) is 5.06. The number of carbonyl (C=O) groups excluding carboxylic acids is 1. The maximum atomic E-state index is 12.0. The molecule has 0 aliphatic heterocycles. The highest BCUT2D eigenvalue weighted by molar-refractivity contribution is 7.86. The molecule has 0 fully saturated rings. The van der Waals surface area contributed by atoms with Crippen LogP contribution in [0.3, 0.4) is 0 Å². The zero-order chi connectivity index (χ0) is 16.0. The first-order chi connectivity index (χ1) is 10.5. The third-order valence-electron chi connectivity index (χ3n) is 2.84. The first-order valence-corrected chi connectivity index (χ1v) is 8.00. The molecule has 2 rings (SSSR count). The summed E-state index contributed by atoms with van der Waals surface area (Å²) in [6.45, 7) is 1.54. The van der Waals surface area contributed by atoms with Crippen molar-refractivity contribution in [3.8, 4) is 0 Å². The molecule has 0 atom stereocenters. The summed E-state index contributed by atoms with van der Waals surface area (Å²) in [5.41, 5.74) is 0.830. The summed E-state index contributed by atoms with van der Waals surface area (Å²) in [6, 6.07) is 16.4. The van der Waals surface area contributed by atoms with Crippen molar-refractivity contribution in [3.05, 3.63) is 66.2 Å². The molecule has 6 heteroatoms. The van der Waals surface area contributed by atoms with E-state index in [0.717, 1.165) is 0 Å². The van der Waals surface area contributed by atoms with E-state index in [2.05, 4.69) is 9.44 Å². The number of rotatable bonds is 6. The second-order valence-corrected chi connectivity index (χ2v) is 6.16. The molecule has 0 aliphatic rings. The average molecular weight is 317 g/mol. The Morgan fingerprint density at radius 3 is 2.14 bits per heavy atom. The minimum absolute atomic E-state index is 0.00563. The summed E-state index contributed by atoms with van der Waals surface area (Å²) in [6.07, 6.45) is -0.00563. The molecule has 0 spiro atoms. The van der Waals surface area contributed by atoms with E-state index in [4.69, 9.17) is 0 Å². The van der Waals surface area contributed by atoms with Crippen LogP contribution < -0.4 is 0 Å². The van der Waals surface area contributed by atoms with E-state index in [0.29, 0.717) is 5.56 Å². The van der Waals surface area contributed by atoms with Gasteiger partial charge in [-0.15, -0.1) is 0 Å².